The lowest BCUT2D eigenvalue weighted by Gasteiger charge is -2.40. The van der Waals surface area contributed by atoms with Crippen molar-refractivity contribution in [2.75, 3.05) is 4.90 Å². The molecule has 0 radical (unpaired) electrons. The van der Waals surface area contributed by atoms with Crippen molar-refractivity contribution < 1.29 is 0 Å². The van der Waals surface area contributed by atoms with Crippen LogP contribution in [0.4, 0.5) is 11.4 Å². The third-order valence-electron chi connectivity index (χ3n) is 14.6. The van der Waals surface area contributed by atoms with Crippen molar-refractivity contribution in [3.05, 3.63) is 248 Å². The van der Waals surface area contributed by atoms with Gasteiger partial charge in [0.25, 0.3) is 0 Å². The van der Waals surface area contributed by atoms with E-state index in [9.17, 15) is 0 Å². The third-order valence-corrected chi connectivity index (χ3v) is 14.6. The van der Waals surface area contributed by atoms with Gasteiger partial charge in [-0.2, -0.15) is 0 Å². The fourth-order valence-corrected chi connectivity index (χ4v) is 11.2. The molecule has 13 rings (SSSR count). The number of nitrogens with zero attached hydrogens (tertiary/aromatic N) is 5. The number of fused-ring (bicyclic) bond motifs is 6. The number of para-hydroxylation sites is 2. The van der Waals surface area contributed by atoms with Crippen molar-refractivity contribution in [2.45, 2.75) is 31.7 Å². The van der Waals surface area contributed by atoms with E-state index in [1.54, 1.807) is 0 Å². The Labute approximate surface area is 408 Å². The minimum atomic E-state index is -0.330. The van der Waals surface area contributed by atoms with Crippen LogP contribution < -0.4 is 4.90 Å². The molecule has 5 heteroatoms. The lowest BCUT2D eigenvalue weighted by molar-refractivity contribution is 0.542. The molecule has 0 bridgehead atoms. The van der Waals surface area contributed by atoms with Gasteiger partial charge >= 0.3 is 0 Å². The highest BCUT2D eigenvalue weighted by atomic mass is 15.2. The Balaban J connectivity index is 0.995. The molecule has 3 heterocycles. The molecule has 10 aromatic rings. The maximum absolute atomic E-state index is 5.42. The normalized spacial score (nSPS) is 18.0. The number of hydrogen-bond acceptors (Lipinski definition) is 4. The Hall–Kier alpha value is -8.67. The van der Waals surface area contributed by atoms with Crippen LogP contribution in [0.1, 0.15) is 37.6 Å². The first-order valence-corrected chi connectivity index (χ1v) is 24.4. The van der Waals surface area contributed by atoms with E-state index in [4.69, 9.17) is 15.0 Å². The van der Waals surface area contributed by atoms with Gasteiger partial charge < -0.3 is 9.47 Å². The Kier molecular flexibility index (Phi) is 9.98. The first-order chi connectivity index (χ1) is 34.5. The highest BCUT2D eigenvalue weighted by molar-refractivity contribution is 6.16. The van der Waals surface area contributed by atoms with Gasteiger partial charge in [0.15, 0.2) is 17.5 Å². The second kappa shape index (κ2) is 16.8. The molecule has 0 amide bonds. The lowest BCUT2D eigenvalue weighted by atomic mass is 9.80. The Bertz CT molecular complexity index is 3790. The summed E-state index contributed by atoms with van der Waals surface area (Å²) in [4.78, 5) is 18.6. The van der Waals surface area contributed by atoms with Crippen LogP contribution in [0.3, 0.4) is 0 Å². The van der Waals surface area contributed by atoms with Crippen LogP contribution in [0.5, 0.6) is 0 Å². The summed E-state index contributed by atoms with van der Waals surface area (Å²) >= 11 is 0. The molecule has 0 N–H and O–H groups in total. The molecule has 0 spiro atoms. The first-order valence-electron chi connectivity index (χ1n) is 24.4. The Morgan fingerprint density at radius 3 is 1.99 bits per heavy atom. The summed E-state index contributed by atoms with van der Waals surface area (Å²) in [6.45, 7) is 4.61. The molecule has 5 nitrogen and oxygen atoms in total. The van der Waals surface area contributed by atoms with Gasteiger partial charge in [-0.15, -0.1) is 0 Å². The monoisotopic (exact) mass is 899 g/mol. The number of benzene rings is 8. The van der Waals surface area contributed by atoms with Crippen molar-refractivity contribution in [2.24, 2.45) is 5.92 Å². The van der Waals surface area contributed by atoms with E-state index < -0.39 is 0 Å². The highest BCUT2D eigenvalue weighted by Gasteiger charge is 2.47. The zero-order chi connectivity index (χ0) is 46.8. The van der Waals surface area contributed by atoms with Gasteiger partial charge in [0, 0.05) is 50.3 Å². The maximum atomic E-state index is 5.42. The molecule has 8 aromatic carbocycles. The van der Waals surface area contributed by atoms with E-state index in [0.717, 1.165) is 67.8 Å². The fourth-order valence-electron chi connectivity index (χ4n) is 11.2. The minimum Gasteiger partial charge on any atom is -0.330 e. The van der Waals surface area contributed by atoms with Gasteiger partial charge in [-0.05, 0) is 101 Å². The summed E-state index contributed by atoms with van der Waals surface area (Å²) in [5.41, 5.74) is 16.5. The van der Waals surface area contributed by atoms with Crippen molar-refractivity contribution in [1.82, 2.24) is 19.5 Å². The molecule has 334 valence electrons. The largest absolute Gasteiger partial charge is 0.330 e. The smallest absolute Gasteiger partial charge is 0.164 e. The van der Waals surface area contributed by atoms with Gasteiger partial charge in [-0.25, -0.2) is 15.0 Å². The number of aromatic nitrogens is 4. The fraction of sp³-hybridized carbons (Fsp3) is 0.0923. The van der Waals surface area contributed by atoms with Crippen LogP contribution in [0, 0.1) is 5.92 Å². The van der Waals surface area contributed by atoms with Crippen LogP contribution >= 0.6 is 0 Å². The lowest BCUT2D eigenvalue weighted by Crippen LogP contribution is -2.42. The average Bonchev–Trinajstić information content (AvgIpc) is 3.90. The summed E-state index contributed by atoms with van der Waals surface area (Å²) in [5, 5.41) is 2.40. The molecule has 0 saturated carbocycles. The molecular weight excluding hydrogens is 851 g/mol. The Morgan fingerprint density at radius 1 is 0.514 bits per heavy atom. The SMILES string of the molecule is CC1C=C(c2nc(-c3cccc(-c4cccc5c4c4cc(-c6ccccc6)ccc4n5-c4ccccc4)c3)nc(-c3ccc(-c4ccccc4)c(N4c5ccccc5C5C=CC=CC54C)c3)n2)C=CC1. The molecule has 0 fully saturated rings. The zero-order valence-electron chi connectivity index (χ0n) is 39.1. The van der Waals surface area contributed by atoms with E-state index in [2.05, 4.69) is 260 Å². The maximum Gasteiger partial charge on any atom is 0.164 e. The molecular formula is C65H49N5. The van der Waals surface area contributed by atoms with Gasteiger partial charge in [0.2, 0.25) is 0 Å². The van der Waals surface area contributed by atoms with Gasteiger partial charge in [-0.3, -0.25) is 0 Å². The predicted octanol–water partition coefficient (Wildman–Crippen LogP) is 16.4. The van der Waals surface area contributed by atoms with E-state index >= 15 is 0 Å². The van der Waals surface area contributed by atoms with E-state index in [1.165, 1.54) is 33.2 Å². The molecule has 70 heavy (non-hydrogen) atoms. The number of hydrogen-bond donors (Lipinski definition) is 0. The van der Waals surface area contributed by atoms with E-state index in [0.29, 0.717) is 23.4 Å². The molecule has 3 atom stereocenters. The van der Waals surface area contributed by atoms with Crippen molar-refractivity contribution >= 4 is 38.8 Å². The summed E-state index contributed by atoms with van der Waals surface area (Å²) in [6.07, 6.45) is 16.8. The molecule has 2 aromatic heterocycles. The van der Waals surface area contributed by atoms with Crippen molar-refractivity contribution in [1.29, 1.82) is 0 Å². The van der Waals surface area contributed by atoms with E-state index in [-0.39, 0.29) is 11.5 Å². The van der Waals surface area contributed by atoms with Crippen LogP contribution in [0.15, 0.2) is 237 Å². The standard InChI is InChI=1S/C65H49N5/c1-43-19-16-25-48(39-43)62-66-63(68-64(67-62)50-34-36-52(45-22-8-4-9-23-45)60(42-50)70-58-32-13-12-29-54(58)56-31-14-15-38-65(56,70)2)49-26-17-24-47(40-49)53-30-18-33-59-61(53)55-41-46(44-20-6-3-7-21-44)35-37-57(55)69(59)51-27-10-5-11-28-51/h3-18,20-43,56H,19H2,1-2H3. The average molecular weight is 900 g/mol. The zero-order valence-corrected chi connectivity index (χ0v) is 39.1. The summed E-state index contributed by atoms with van der Waals surface area (Å²) in [5.74, 6) is 2.50. The summed E-state index contributed by atoms with van der Waals surface area (Å²) < 4.78 is 2.39. The van der Waals surface area contributed by atoms with Crippen LogP contribution in [-0.4, -0.2) is 25.1 Å². The third kappa shape index (κ3) is 6.96. The molecule has 3 aliphatic rings. The van der Waals surface area contributed by atoms with E-state index in [1.807, 2.05) is 0 Å². The first kappa shape index (κ1) is 41.5. The predicted molar refractivity (Wildman–Crippen MR) is 290 cm³/mol. The van der Waals surface area contributed by atoms with Gasteiger partial charge in [-0.1, -0.05) is 195 Å². The summed E-state index contributed by atoms with van der Waals surface area (Å²) in [7, 11) is 0. The minimum absolute atomic E-state index is 0.197. The van der Waals surface area contributed by atoms with Crippen LogP contribution in [0.2, 0.25) is 0 Å². The summed E-state index contributed by atoms with van der Waals surface area (Å²) in [6, 6.07) is 70.0. The van der Waals surface area contributed by atoms with Crippen molar-refractivity contribution in [3.63, 3.8) is 0 Å². The number of allylic oxidation sites excluding steroid dienone is 6. The number of rotatable bonds is 8. The molecule has 1 aliphatic heterocycles. The quantitative estimate of drug-likeness (QED) is 0.152. The van der Waals surface area contributed by atoms with Crippen LogP contribution in [-0.2, 0) is 0 Å². The second-order valence-corrected chi connectivity index (χ2v) is 19.0. The Morgan fingerprint density at radius 2 is 1.19 bits per heavy atom. The van der Waals surface area contributed by atoms with Crippen LogP contribution in [0.25, 0.3) is 89.2 Å². The number of anilines is 2. The second-order valence-electron chi connectivity index (χ2n) is 19.0. The molecule has 2 aliphatic carbocycles. The van der Waals surface area contributed by atoms with Gasteiger partial charge in [0.1, 0.15) is 0 Å². The van der Waals surface area contributed by atoms with Crippen molar-refractivity contribution in [3.8, 4) is 61.8 Å². The highest BCUT2D eigenvalue weighted by Crippen LogP contribution is 2.56. The van der Waals surface area contributed by atoms with Gasteiger partial charge in [0.05, 0.1) is 22.3 Å². The molecule has 0 saturated heterocycles. The topological polar surface area (TPSA) is 46.8 Å². The molecule has 3 unspecified atom stereocenters.